The molecule has 6 rings (SSSR count). The van der Waals surface area contributed by atoms with Gasteiger partial charge in [0, 0.05) is 47.7 Å². The summed E-state index contributed by atoms with van der Waals surface area (Å²) < 4.78 is 16.9. The molecule has 0 saturated carbocycles. The number of carbonyl (C=O) groups is 1. The molecule has 0 aliphatic carbocycles. The first-order chi connectivity index (χ1) is 19.4. The van der Waals surface area contributed by atoms with E-state index in [1.54, 1.807) is 21.3 Å². The van der Waals surface area contributed by atoms with Crippen molar-refractivity contribution in [3.8, 4) is 17.2 Å². The quantitative estimate of drug-likeness (QED) is 0.303. The second-order valence-electron chi connectivity index (χ2n) is 10.6. The minimum absolute atomic E-state index is 0.168. The van der Waals surface area contributed by atoms with E-state index in [0.29, 0.717) is 13.0 Å². The van der Waals surface area contributed by atoms with Gasteiger partial charge in [0.2, 0.25) is 0 Å². The Morgan fingerprint density at radius 1 is 1.00 bits per heavy atom. The molecule has 2 aliphatic heterocycles. The lowest BCUT2D eigenvalue weighted by atomic mass is 9.89. The molecule has 8 heteroatoms. The van der Waals surface area contributed by atoms with Crippen LogP contribution in [0.15, 0.2) is 54.6 Å². The van der Waals surface area contributed by atoms with E-state index in [2.05, 4.69) is 46.4 Å². The second kappa shape index (κ2) is 10.5. The van der Waals surface area contributed by atoms with Gasteiger partial charge in [-0.25, -0.2) is 0 Å². The fourth-order valence-corrected chi connectivity index (χ4v) is 6.39. The lowest BCUT2D eigenvalue weighted by Gasteiger charge is -2.36. The lowest BCUT2D eigenvalue weighted by Crippen LogP contribution is -2.45. The first-order valence-corrected chi connectivity index (χ1v) is 13.7. The Balaban J connectivity index is 1.35. The number of H-pyrrole nitrogens is 1. The molecule has 0 fully saturated rings. The van der Waals surface area contributed by atoms with Crippen LogP contribution in [0.5, 0.6) is 17.2 Å². The van der Waals surface area contributed by atoms with Gasteiger partial charge in [-0.15, -0.1) is 0 Å². The van der Waals surface area contributed by atoms with E-state index in [-0.39, 0.29) is 12.1 Å². The topological polar surface area (TPSA) is 96.0 Å². The van der Waals surface area contributed by atoms with E-state index < -0.39 is 12.0 Å². The molecule has 2 aliphatic rings. The molecule has 0 radical (unpaired) electrons. The van der Waals surface area contributed by atoms with Crippen LogP contribution in [0.3, 0.4) is 0 Å². The van der Waals surface area contributed by atoms with Crippen LogP contribution >= 0.6 is 0 Å². The number of rotatable bonds is 7. The molecule has 208 valence electrons. The summed E-state index contributed by atoms with van der Waals surface area (Å²) in [5.41, 5.74) is 7.69. The van der Waals surface area contributed by atoms with Gasteiger partial charge in [-0.05, 0) is 65.9 Å². The molecule has 3 atom stereocenters. The number of para-hydroxylation sites is 1. The number of aromatic amines is 1. The molecule has 40 heavy (non-hydrogen) atoms. The van der Waals surface area contributed by atoms with E-state index in [0.717, 1.165) is 63.5 Å². The number of carboxylic acid groups (broad SMARTS) is 1. The van der Waals surface area contributed by atoms with Gasteiger partial charge in [0.05, 0.1) is 27.4 Å². The molecule has 0 spiro atoms. The highest BCUT2D eigenvalue weighted by Crippen LogP contribution is 2.40. The molecular weight excluding hydrogens is 506 g/mol. The van der Waals surface area contributed by atoms with Crippen LogP contribution in [0.25, 0.3) is 10.9 Å². The molecule has 0 amide bonds. The number of nitrogens with zero attached hydrogens (tertiary/aromatic N) is 1. The van der Waals surface area contributed by atoms with Crippen LogP contribution in [0.4, 0.5) is 0 Å². The summed E-state index contributed by atoms with van der Waals surface area (Å²) >= 11 is 0. The number of benzene rings is 3. The van der Waals surface area contributed by atoms with E-state index in [4.69, 9.17) is 14.2 Å². The third-order valence-corrected chi connectivity index (χ3v) is 8.53. The first-order valence-electron chi connectivity index (χ1n) is 13.7. The summed E-state index contributed by atoms with van der Waals surface area (Å²) in [6.07, 6.45) is 1.35. The van der Waals surface area contributed by atoms with Gasteiger partial charge < -0.3 is 24.3 Å². The average Bonchev–Trinajstić information content (AvgIpc) is 3.36. The van der Waals surface area contributed by atoms with Gasteiger partial charge in [0.1, 0.15) is 11.8 Å². The number of hydrogen-bond donors (Lipinski definition) is 3. The SMILES string of the molecule is COc1ccc([C@@H]2N[C@@H](C(=O)O)Cc3c2[nH]c2ccccc32)cc1CN1CCc2cc(OC)c(OC)cc2[C@@H]1C. The van der Waals surface area contributed by atoms with E-state index in [1.165, 1.54) is 11.1 Å². The number of aromatic nitrogens is 1. The minimum Gasteiger partial charge on any atom is -0.496 e. The maximum atomic E-state index is 12.1. The number of methoxy groups -OCH3 is 3. The zero-order valence-corrected chi connectivity index (χ0v) is 23.3. The smallest absolute Gasteiger partial charge is 0.321 e. The van der Waals surface area contributed by atoms with E-state index in [9.17, 15) is 9.90 Å². The molecule has 1 aromatic heterocycles. The van der Waals surface area contributed by atoms with Crippen molar-refractivity contribution in [3.05, 3.63) is 88.1 Å². The summed E-state index contributed by atoms with van der Waals surface area (Å²) in [6, 6.07) is 17.7. The number of nitrogens with one attached hydrogen (secondary N) is 2. The number of ether oxygens (including phenoxy) is 3. The third kappa shape index (κ3) is 4.47. The van der Waals surface area contributed by atoms with Crippen LogP contribution in [0.1, 0.15) is 52.5 Å². The largest absolute Gasteiger partial charge is 0.496 e. The standard InChI is InChI=1S/C32H35N3O5/c1-18-23-16-29(40-4)28(39-3)14-19(23)11-12-35(18)17-21-13-20(9-10-27(21)38-2)30-31-24(15-26(34-30)32(36)37)22-7-5-6-8-25(22)33-31/h5-10,13-14,16,18,26,30,33-34H,11-12,15,17H2,1-4H3,(H,36,37)/t18-,26+,30-/m0/s1. The van der Waals surface area contributed by atoms with E-state index in [1.807, 2.05) is 30.3 Å². The van der Waals surface area contributed by atoms with Crippen LogP contribution in [-0.2, 0) is 24.2 Å². The van der Waals surface area contributed by atoms with Crippen LogP contribution in [0.2, 0.25) is 0 Å². The Morgan fingerprint density at radius 2 is 1.75 bits per heavy atom. The molecule has 0 bridgehead atoms. The molecule has 0 unspecified atom stereocenters. The highest BCUT2D eigenvalue weighted by molar-refractivity contribution is 5.87. The van der Waals surface area contributed by atoms with Gasteiger partial charge in [-0.3, -0.25) is 15.0 Å². The minimum atomic E-state index is -0.845. The maximum Gasteiger partial charge on any atom is 0.321 e. The summed E-state index contributed by atoms with van der Waals surface area (Å²) in [5.74, 6) is 1.46. The third-order valence-electron chi connectivity index (χ3n) is 8.53. The summed E-state index contributed by atoms with van der Waals surface area (Å²) in [4.78, 5) is 18.2. The van der Waals surface area contributed by atoms with Crippen molar-refractivity contribution in [2.45, 2.75) is 44.4 Å². The monoisotopic (exact) mass is 541 g/mol. The number of hydrogen-bond acceptors (Lipinski definition) is 6. The van der Waals surface area contributed by atoms with Gasteiger partial charge in [-0.1, -0.05) is 24.3 Å². The number of fused-ring (bicyclic) bond motifs is 4. The highest BCUT2D eigenvalue weighted by Gasteiger charge is 2.34. The zero-order chi connectivity index (χ0) is 28.0. The molecular formula is C32H35N3O5. The molecule has 3 N–H and O–H groups in total. The van der Waals surface area contributed by atoms with Gasteiger partial charge in [-0.2, -0.15) is 0 Å². The van der Waals surface area contributed by atoms with Crippen molar-refractivity contribution in [2.75, 3.05) is 27.9 Å². The Hall–Kier alpha value is -4.01. The van der Waals surface area contributed by atoms with Crippen molar-refractivity contribution < 1.29 is 24.1 Å². The van der Waals surface area contributed by atoms with E-state index >= 15 is 0 Å². The van der Waals surface area contributed by atoms with Gasteiger partial charge >= 0.3 is 5.97 Å². The van der Waals surface area contributed by atoms with Crippen molar-refractivity contribution in [1.29, 1.82) is 0 Å². The van der Waals surface area contributed by atoms with Crippen molar-refractivity contribution in [2.24, 2.45) is 0 Å². The average molecular weight is 542 g/mol. The van der Waals surface area contributed by atoms with Crippen LogP contribution < -0.4 is 19.5 Å². The number of carboxylic acids is 1. The normalized spacial score (nSPS) is 20.6. The Labute approximate surface area is 233 Å². The molecule has 4 aromatic rings. The van der Waals surface area contributed by atoms with Crippen molar-refractivity contribution in [1.82, 2.24) is 15.2 Å². The summed E-state index contributed by atoms with van der Waals surface area (Å²) in [7, 11) is 5.03. The van der Waals surface area contributed by atoms with Gasteiger partial charge in [0.15, 0.2) is 11.5 Å². The first kappa shape index (κ1) is 26.2. The Kier molecular flexibility index (Phi) is 6.90. The molecule has 3 heterocycles. The zero-order valence-electron chi connectivity index (χ0n) is 23.3. The Bertz CT molecular complexity index is 1580. The Morgan fingerprint density at radius 3 is 2.50 bits per heavy atom. The second-order valence-corrected chi connectivity index (χ2v) is 10.6. The molecule has 8 nitrogen and oxygen atoms in total. The predicted octanol–water partition coefficient (Wildman–Crippen LogP) is 5.00. The van der Waals surface area contributed by atoms with Crippen molar-refractivity contribution >= 4 is 16.9 Å². The summed E-state index contributed by atoms with van der Waals surface area (Å²) in [5, 5.41) is 14.4. The fraction of sp³-hybridized carbons (Fsp3) is 0.344. The lowest BCUT2D eigenvalue weighted by molar-refractivity contribution is -0.139. The molecule has 0 saturated heterocycles. The van der Waals surface area contributed by atoms with Crippen LogP contribution in [0, 0.1) is 0 Å². The maximum absolute atomic E-state index is 12.1. The van der Waals surface area contributed by atoms with Gasteiger partial charge in [0.25, 0.3) is 0 Å². The van der Waals surface area contributed by atoms with Crippen molar-refractivity contribution in [3.63, 3.8) is 0 Å². The highest BCUT2D eigenvalue weighted by atomic mass is 16.5. The fourth-order valence-electron chi connectivity index (χ4n) is 6.39. The molecule has 3 aromatic carbocycles. The predicted molar refractivity (Wildman–Crippen MR) is 153 cm³/mol. The number of aliphatic carboxylic acids is 1. The summed E-state index contributed by atoms with van der Waals surface area (Å²) in [6.45, 7) is 3.81. The van der Waals surface area contributed by atoms with Crippen LogP contribution in [-0.4, -0.2) is 54.9 Å².